The van der Waals surface area contributed by atoms with Gasteiger partial charge in [0.2, 0.25) is 0 Å². The van der Waals surface area contributed by atoms with Crippen molar-refractivity contribution in [1.29, 1.82) is 5.26 Å². The van der Waals surface area contributed by atoms with Gasteiger partial charge in [-0.3, -0.25) is 0 Å². The number of ether oxygens (including phenoxy) is 2. The van der Waals surface area contributed by atoms with E-state index < -0.39 is 5.41 Å². The lowest BCUT2D eigenvalue weighted by Gasteiger charge is -2.32. The van der Waals surface area contributed by atoms with E-state index in [-0.39, 0.29) is 24.4 Å². The molecule has 0 saturated heterocycles. The van der Waals surface area contributed by atoms with Gasteiger partial charge < -0.3 is 14.8 Å². The van der Waals surface area contributed by atoms with Crippen molar-refractivity contribution in [2.45, 2.75) is 38.1 Å². The third kappa shape index (κ3) is 4.51. The van der Waals surface area contributed by atoms with Gasteiger partial charge in [0.15, 0.2) is 11.5 Å². The minimum atomic E-state index is -0.591. The first-order chi connectivity index (χ1) is 16.1. The summed E-state index contributed by atoms with van der Waals surface area (Å²) in [7, 11) is 3.26. The van der Waals surface area contributed by atoms with Crippen LogP contribution in [0.25, 0.3) is 11.1 Å². The number of hydrogen-bond acceptors (Lipinski definition) is 4. The van der Waals surface area contributed by atoms with E-state index >= 15 is 0 Å². The van der Waals surface area contributed by atoms with Crippen molar-refractivity contribution < 1.29 is 9.47 Å². The molecule has 0 aliphatic heterocycles. The highest BCUT2D eigenvalue weighted by molar-refractivity contribution is 5.85. The Morgan fingerprint density at radius 2 is 1.50 bits per heavy atom. The highest BCUT2D eigenvalue weighted by Gasteiger charge is 2.36. The molecule has 4 rings (SSSR count). The summed E-state index contributed by atoms with van der Waals surface area (Å²) in [5.41, 5.74) is 5.67. The fourth-order valence-electron chi connectivity index (χ4n) is 5.12. The van der Waals surface area contributed by atoms with E-state index in [0.29, 0.717) is 11.5 Å². The minimum absolute atomic E-state index is 0. The summed E-state index contributed by atoms with van der Waals surface area (Å²) >= 11 is 0. The third-order valence-corrected chi connectivity index (χ3v) is 7.01. The first kappa shape index (κ1) is 25.6. The minimum Gasteiger partial charge on any atom is -0.493 e. The summed E-state index contributed by atoms with van der Waals surface area (Å²) in [6.07, 6.45) is 1.65. The van der Waals surface area contributed by atoms with Crippen LogP contribution in [0.3, 0.4) is 0 Å². The number of methoxy groups -OCH3 is 2. The molecule has 0 aromatic heterocycles. The smallest absolute Gasteiger partial charge is 0.161 e. The van der Waals surface area contributed by atoms with Gasteiger partial charge in [0, 0.05) is 0 Å². The maximum atomic E-state index is 10.3. The highest BCUT2D eigenvalue weighted by Crippen LogP contribution is 2.43. The van der Waals surface area contributed by atoms with E-state index in [4.69, 9.17) is 9.47 Å². The zero-order valence-electron chi connectivity index (χ0n) is 20.3. The number of nitrogens with zero attached hydrogens (tertiary/aromatic N) is 1. The third-order valence-electron chi connectivity index (χ3n) is 7.01. The lowest BCUT2D eigenvalue weighted by molar-refractivity contribution is 0.340. The number of nitriles is 1. The Morgan fingerprint density at radius 1 is 0.912 bits per heavy atom. The van der Waals surface area contributed by atoms with E-state index in [0.717, 1.165) is 24.9 Å². The molecular weight excluding hydrogens is 444 g/mol. The Hall–Kier alpha value is -3.00. The SMILES string of the molecule is COc1ccc(C(C#N)(CCCNC2c3ccccc3-c3ccccc32)C(C)C)cc1OC.Cl. The highest BCUT2D eigenvalue weighted by atomic mass is 35.5. The average molecular weight is 477 g/mol. The Kier molecular flexibility index (Phi) is 8.25. The van der Waals surface area contributed by atoms with Gasteiger partial charge >= 0.3 is 0 Å². The number of benzene rings is 3. The van der Waals surface area contributed by atoms with E-state index in [2.05, 4.69) is 73.8 Å². The zero-order valence-corrected chi connectivity index (χ0v) is 21.1. The van der Waals surface area contributed by atoms with Crippen LogP contribution in [0, 0.1) is 17.2 Å². The molecule has 178 valence electrons. The Morgan fingerprint density at radius 3 is 2.03 bits per heavy atom. The zero-order chi connectivity index (χ0) is 23.4. The first-order valence-electron chi connectivity index (χ1n) is 11.6. The van der Waals surface area contributed by atoms with Crippen LogP contribution in [0.5, 0.6) is 11.5 Å². The van der Waals surface area contributed by atoms with Gasteiger partial charge in [-0.25, -0.2) is 0 Å². The number of nitrogens with one attached hydrogen (secondary N) is 1. The quantitative estimate of drug-likeness (QED) is 0.350. The number of rotatable bonds is 9. The Labute approximate surface area is 209 Å². The molecule has 0 fully saturated rings. The molecule has 0 heterocycles. The van der Waals surface area contributed by atoms with Crippen molar-refractivity contribution in [2.24, 2.45) is 5.92 Å². The second-order valence-corrected chi connectivity index (χ2v) is 8.97. The molecule has 0 radical (unpaired) electrons. The van der Waals surface area contributed by atoms with Crippen LogP contribution in [0.2, 0.25) is 0 Å². The number of halogens is 1. The average Bonchev–Trinajstić information content (AvgIpc) is 3.17. The molecule has 0 spiro atoms. The van der Waals surface area contributed by atoms with Crippen LogP contribution in [-0.2, 0) is 5.41 Å². The molecule has 0 saturated carbocycles. The fourth-order valence-corrected chi connectivity index (χ4v) is 5.12. The lowest BCUT2D eigenvalue weighted by atomic mass is 9.69. The van der Waals surface area contributed by atoms with Gasteiger partial charge in [-0.2, -0.15) is 5.26 Å². The first-order valence-corrected chi connectivity index (χ1v) is 11.6. The van der Waals surface area contributed by atoms with Crippen molar-refractivity contribution in [1.82, 2.24) is 5.32 Å². The van der Waals surface area contributed by atoms with Gasteiger partial charge in [0.25, 0.3) is 0 Å². The molecule has 3 aromatic carbocycles. The van der Waals surface area contributed by atoms with Crippen LogP contribution in [-0.4, -0.2) is 20.8 Å². The predicted molar refractivity (Wildman–Crippen MR) is 140 cm³/mol. The summed E-state index contributed by atoms with van der Waals surface area (Å²) in [4.78, 5) is 0. The van der Waals surface area contributed by atoms with Gasteiger partial charge in [0.05, 0.1) is 31.7 Å². The second kappa shape index (κ2) is 11.0. The van der Waals surface area contributed by atoms with Gasteiger partial charge in [-0.15, -0.1) is 12.4 Å². The molecule has 1 aliphatic carbocycles. The standard InChI is InChI=1S/C29H32N2O2.ClH/c1-20(2)29(19-30,21-14-15-26(32-3)27(18-21)33-4)16-9-17-31-28-24-12-7-5-10-22(24)23-11-6-8-13-25(23)28;/h5-8,10-15,18,20,28,31H,9,16-17H2,1-4H3;1H. The molecule has 3 aromatic rings. The Balaban J connectivity index is 0.00000324. The van der Waals surface area contributed by atoms with E-state index in [1.54, 1.807) is 14.2 Å². The monoisotopic (exact) mass is 476 g/mol. The van der Waals surface area contributed by atoms with Crippen LogP contribution in [0.15, 0.2) is 66.7 Å². The summed E-state index contributed by atoms with van der Waals surface area (Å²) in [6, 6.07) is 25.9. The second-order valence-electron chi connectivity index (χ2n) is 8.97. The van der Waals surface area contributed by atoms with Crippen LogP contribution < -0.4 is 14.8 Å². The van der Waals surface area contributed by atoms with Crippen LogP contribution in [0.1, 0.15) is 49.4 Å². The number of fused-ring (bicyclic) bond motifs is 3. The van der Waals surface area contributed by atoms with Gasteiger partial charge in [-0.1, -0.05) is 68.4 Å². The van der Waals surface area contributed by atoms with Crippen molar-refractivity contribution in [3.8, 4) is 28.7 Å². The van der Waals surface area contributed by atoms with Crippen molar-refractivity contribution in [2.75, 3.05) is 20.8 Å². The van der Waals surface area contributed by atoms with Crippen LogP contribution >= 0.6 is 12.4 Å². The van der Waals surface area contributed by atoms with Crippen molar-refractivity contribution in [3.63, 3.8) is 0 Å². The molecule has 4 nitrogen and oxygen atoms in total. The molecular formula is C29H33ClN2O2. The van der Waals surface area contributed by atoms with Gasteiger partial charge in [0.1, 0.15) is 0 Å². The lowest BCUT2D eigenvalue weighted by Crippen LogP contribution is -2.32. The van der Waals surface area contributed by atoms with Crippen LogP contribution in [0.4, 0.5) is 0 Å². The fraction of sp³-hybridized carbons (Fsp3) is 0.345. The maximum absolute atomic E-state index is 10.3. The molecule has 1 atom stereocenters. The summed E-state index contributed by atoms with van der Waals surface area (Å²) < 4.78 is 10.9. The summed E-state index contributed by atoms with van der Waals surface area (Å²) in [5, 5.41) is 14.1. The van der Waals surface area contributed by atoms with E-state index in [1.165, 1.54) is 22.3 Å². The number of hydrogen-bond donors (Lipinski definition) is 1. The predicted octanol–water partition coefficient (Wildman–Crippen LogP) is 6.68. The molecule has 1 N–H and O–H groups in total. The molecule has 1 aliphatic rings. The largest absolute Gasteiger partial charge is 0.493 e. The summed E-state index contributed by atoms with van der Waals surface area (Å²) in [6.45, 7) is 5.07. The van der Waals surface area contributed by atoms with E-state index in [1.807, 2.05) is 18.2 Å². The van der Waals surface area contributed by atoms with E-state index in [9.17, 15) is 5.26 Å². The topological polar surface area (TPSA) is 54.3 Å². The molecule has 1 unspecified atom stereocenters. The van der Waals surface area contributed by atoms with Gasteiger partial charge in [-0.05, 0) is 65.3 Å². The normalized spacial score (nSPS) is 13.9. The maximum Gasteiger partial charge on any atom is 0.161 e. The molecule has 5 heteroatoms. The Bertz CT molecular complexity index is 1130. The molecule has 34 heavy (non-hydrogen) atoms. The van der Waals surface area contributed by atoms with Crippen molar-refractivity contribution >= 4 is 12.4 Å². The molecule has 0 bridgehead atoms. The van der Waals surface area contributed by atoms with Crippen molar-refractivity contribution in [3.05, 3.63) is 83.4 Å². The summed E-state index contributed by atoms with van der Waals surface area (Å²) in [5.74, 6) is 1.50. The molecule has 0 amide bonds.